The van der Waals surface area contributed by atoms with Crippen LogP contribution >= 0.6 is 0 Å². The van der Waals surface area contributed by atoms with Gasteiger partial charge in [-0.25, -0.2) is 8.42 Å². The number of rotatable bonds is 7. The van der Waals surface area contributed by atoms with Crippen LogP contribution in [0.4, 0.5) is 0 Å². The van der Waals surface area contributed by atoms with Crippen molar-refractivity contribution in [3.05, 3.63) is 65.7 Å². The van der Waals surface area contributed by atoms with Gasteiger partial charge in [0.1, 0.15) is 0 Å². The zero-order valence-electron chi connectivity index (χ0n) is 17.2. The van der Waals surface area contributed by atoms with Crippen molar-refractivity contribution in [2.75, 3.05) is 19.6 Å². The number of aryl methyl sites for hydroxylation is 1. The number of hydrogen-bond donors (Lipinski definition) is 1. The van der Waals surface area contributed by atoms with Crippen molar-refractivity contribution in [1.29, 1.82) is 0 Å². The summed E-state index contributed by atoms with van der Waals surface area (Å²) in [5.74, 6) is 0.542. The molecule has 1 saturated heterocycles. The van der Waals surface area contributed by atoms with Crippen LogP contribution in [0.1, 0.15) is 43.2 Å². The Bertz CT molecular complexity index is 903. The highest BCUT2D eigenvalue weighted by Gasteiger charge is 2.30. The van der Waals surface area contributed by atoms with Crippen LogP contribution in [0.25, 0.3) is 0 Å². The summed E-state index contributed by atoms with van der Waals surface area (Å²) in [6, 6.07) is 17.1. The number of benzene rings is 2. The number of carbonyl (C=O) groups excluding carboxylic acids is 1. The van der Waals surface area contributed by atoms with E-state index in [1.54, 1.807) is 16.4 Å². The molecule has 5 nitrogen and oxygen atoms in total. The Labute approximate surface area is 174 Å². The molecule has 1 aliphatic heterocycles. The van der Waals surface area contributed by atoms with Gasteiger partial charge in [0.05, 0.1) is 4.90 Å². The molecule has 1 unspecified atom stereocenters. The van der Waals surface area contributed by atoms with E-state index in [1.165, 1.54) is 5.56 Å². The minimum absolute atomic E-state index is 0.0487. The summed E-state index contributed by atoms with van der Waals surface area (Å²) in [7, 11) is -3.45. The largest absolute Gasteiger partial charge is 0.355 e. The van der Waals surface area contributed by atoms with Crippen molar-refractivity contribution < 1.29 is 13.2 Å². The minimum Gasteiger partial charge on any atom is -0.355 e. The van der Waals surface area contributed by atoms with Gasteiger partial charge >= 0.3 is 0 Å². The molecule has 1 N–H and O–H groups in total. The van der Waals surface area contributed by atoms with Gasteiger partial charge < -0.3 is 5.32 Å². The molecule has 0 aromatic heterocycles. The number of carbonyl (C=O) groups is 1. The van der Waals surface area contributed by atoms with E-state index in [1.807, 2.05) is 37.3 Å². The SMILES string of the molecule is Cc1ccc(S(=O)(=O)N2CCC(CC(=O)NCC(C)c3ccccc3)CC2)cc1. The maximum atomic E-state index is 12.8. The molecule has 1 heterocycles. The van der Waals surface area contributed by atoms with Crippen molar-refractivity contribution >= 4 is 15.9 Å². The van der Waals surface area contributed by atoms with E-state index in [-0.39, 0.29) is 17.7 Å². The summed E-state index contributed by atoms with van der Waals surface area (Å²) in [5, 5.41) is 3.03. The van der Waals surface area contributed by atoms with Crippen LogP contribution in [0.3, 0.4) is 0 Å². The van der Waals surface area contributed by atoms with Crippen LogP contribution in [0.5, 0.6) is 0 Å². The Morgan fingerprint density at radius 2 is 1.69 bits per heavy atom. The Morgan fingerprint density at radius 3 is 2.31 bits per heavy atom. The summed E-state index contributed by atoms with van der Waals surface area (Å²) >= 11 is 0. The molecule has 0 aliphatic carbocycles. The molecule has 1 aliphatic rings. The molecule has 1 amide bonds. The highest BCUT2D eigenvalue weighted by Crippen LogP contribution is 2.26. The third-order valence-corrected chi connectivity index (χ3v) is 7.59. The van der Waals surface area contributed by atoms with Gasteiger partial charge in [-0.3, -0.25) is 4.79 Å². The number of nitrogens with zero attached hydrogens (tertiary/aromatic N) is 1. The topological polar surface area (TPSA) is 66.5 Å². The Morgan fingerprint density at radius 1 is 1.07 bits per heavy atom. The Balaban J connectivity index is 1.45. The zero-order chi connectivity index (χ0) is 20.9. The molecule has 0 spiro atoms. The fourth-order valence-electron chi connectivity index (χ4n) is 3.71. The Hall–Kier alpha value is -2.18. The van der Waals surface area contributed by atoms with E-state index in [0.29, 0.717) is 43.8 Å². The normalized spacial score (nSPS) is 17.0. The van der Waals surface area contributed by atoms with E-state index >= 15 is 0 Å². The molecular formula is C23H30N2O3S. The average molecular weight is 415 g/mol. The van der Waals surface area contributed by atoms with E-state index in [9.17, 15) is 13.2 Å². The molecular weight excluding hydrogens is 384 g/mol. The molecule has 3 rings (SSSR count). The summed E-state index contributed by atoms with van der Waals surface area (Å²) in [4.78, 5) is 12.7. The standard InChI is InChI=1S/C23H30N2O3S/c1-18-8-10-22(11-9-18)29(27,28)25-14-12-20(13-15-25)16-23(26)24-17-19(2)21-6-4-3-5-7-21/h3-11,19-20H,12-17H2,1-2H3,(H,24,26). The first kappa shape index (κ1) is 21.5. The lowest BCUT2D eigenvalue weighted by Gasteiger charge is -2.31. The first-order chi connectivity index (χ1) is 13.9. The number of amides is 1. The predicted octanol–water partition coefficient (Wildman–Crippen LogP) is 3.71. The van der Waals surface area contributed by atoms with Crippen molar-refractivity contribution in [2.24, 2.45) is 5.92 Å². The second-order valence-corrected chi connectivity index (χ2v) is 9.92. The van der Waals surface area contributed by atoms with Gasteiger partial charge in [-0.1, -0.05) is 55.0 Å². The first-order valence-corrected chi connectivity index (χ1v) is 11.7. The lowest BCUT2D eigenvalue weighted by atomic mass is 9.94. The summed E-state index contributed by atoms with van der Waals surface area (Å²) < 4.78 is 27.1. The molecule has 1 atom stereocenters. The molecule has 29 heavy (non-hydrogen) atoms. The summed E-state index contributed by atoms with van der Waals surface area (Å²) in [5.41, 5.74) is 2.25. The van der Waals surface area contributed by atoms with Crippen LogP contribution in [0.15, 0.2) is 59.5 Å². The van der Waals surface area contributed by atoms with Gasteiger partial charge in [-0.2, -0.15) is 4.31 Å². The highest BCUT2D eigenvalue weighted by molar-refractivity contribution is 7.89. The van der Waals surface area contributed by atoms with Crippen LogP contribution in [0.2, 0.25) is 0 Å². The molecule has 6 heteroatoms. The van der Waals surface area contributed by atoms with Crippen LogP contribution in [0, 0.1) is 12.8 Å². The van der Waals surface area contributed by atoms with Gasteiger partial charge in [-0.15, -0.1) is 0 Å². The third-order valence-electron chi connectivity index (χ3n) is 5.68. The van der Waals surface area contributed by atoms with Crippen LogP contribution in [-0.2, 0) is 14.8 Å². The number of piperidine rings is 1. The fourth-order valence-corrected chi connectivity index (χ4v) is 5.18. The highest BCUT2D eigenvalue weighted by atomic mass is 32.2. The van der Waals surface area contributed by atoms with E-state index in [2.05, 4.69) is 24.4 Å². The lowest BCUT2D eigenvalue weighted by Crippen LogP contribution is -2.39. The smallest absolute Gasteiger partial charge is 0.243 e. The van der Waals surface area contributed by atoms with Crippen molar-refractivity contribution in [3.8, 4) is 0 Å². The molecule has 2 aromatic rings. The molecule has 0 bridgehead atoms. The van der Waals surface area contributed by atoms with Crippen molar-refractivity contribution in [3.63, 3.8) is 0 Å². The number of sulfonamides is 1. The Kier molecular flexibility index (Phi) is 7.09. The third kappa shape index (κ3) is 5.67. The maximum absolute atomic E-state index is 12.8. The van der Waals surface area contributed by atoms with E-state index in [4.69, 9.17) is 0 Å². The molecule has 2 aromatic carbocycles. The number of hydrogen-bond acceptors (Lipinski definition) is 3. The van der Waals surface area contributed by atoms with Crippen molar-refractivity contribution in [2.45, 2.75) is 43.9 Å². The van der Waals surface area contributed by atoms with Gasteiger partial charge in [0.2, 0.25) is 15.9 Å². The minimum atomic E-state index is -3.45. The second kappa shape index (κ2) is 9.55. The van der Waals surface area contributed by atoms with Gasteiger partial charge in [0.15, 0.2) is 0 Å². The molecule has 0 radical (unpaired) electrons. The van der Waals surface area contributed by atoms with Gasteiger partial charge in [0.25, 0.3) is 0 Å². The summed E-state index contributed by atoms with van der Waals surface area (Å²) in [6.45, 7) is 5.59. The van der Waals surface area contributed by atoms with E-state index in [0.717, 1.165) is 5.56 Å². The van der Waals surface area contributed by atoms with Gasteiger partial charge in [-0.05, 0) is 49.3 Å². The van der Waals surface area contributed by atoms with Crippen LogP contribution < -0.4 is 5.32 Å². The monoisotopic (exact) mass is 414 g/mol. The molecule has 1 fully saturated rings. The predicted molar refractivity (Wildman–Crippen MR) is 115 cm³/mol. The van der Waals surface area contributed by atoms with E-state index < -0.39 is 10.0 Å². The lowest BCUT2D eigenvalue weighted by molar-refractivity contribution is -0.122. The number of nitrogens with one attached hydrogen (secondary N) is 1. The molecule has 0 saturated carbocycles. The fraction of sp³-hybridized carbons (Fsp3) is 0.435. The zero-order valence-corrected chi connectivity index (χ0v) is 18.0. The summed E-state index contributed by atoms with van der Waals surface area (Å²) in [6.07, 6.45) is 1.89. The second-order valence-electron chi connectivity index (χ2n) is 7.98. The quantitative estimate of drug-likeness (QED) is 0.751. The van der Waals surface area contributed by atoms with Gasteiger partial charge in [0, 0.05) is 26.1 Å². The van der Waals surface area contributed by atoms with Crippen molar-refractivity contribution in [1.82, 2.24) is 9.62 Å². The molecule has 156 valence electrons. The average Bonchev–Trinajstić information content (AvgIpc) is 2.73. The van der Waals surface area contributed by atoms with Crippen LogP contribution in [-0.4, -0.2) is 38.3 Å². The maximum Gasteiger partial charge on any atom is 0.243 e. The first-order valence-electron chi connectivity index (χ1n) is 10.2.